The molecule has 0 heterocycles. The van der Waals surface area contributed by atoms with Gasteiger partial charge in [0, 0.05) is 5.56 Å². The van der Waals surface area contributed by atoms with Crippen LogP contribution in [0.3, 0.4) is 0 Å². The Morgan fingerprint density at radius 2 is 1.48 bits per heavy atom. The molecule has 0 bridgehead atoms. The van der Waals surface area contributed by atoms with Crippen molar-refractivity contribution in [3.05, 3.63) is 23.8 Å². The lowest BCUT2D eigenvalue weighted by Gasteiger charge is -2.28. The number of hydrogen-bond donors (Lipinski definition) is 0. The van der Waals surface area contributed by atoms with Crippen molar-refractivity contribution in [2.45, 2.75) is 17.2 Å². The minimum atomic E-state index is -5.46. The summed E-state index contributed by atoms with van der Waals surface area (Å²) < 4.78 is 86.1. The van der Waals surface area contributed by atoms with Crippen molar-refractivity contribution in [3.63, 3.8) is 0 Å². The van der Waals surface area contributed by atoms with Crippen LogP contribution in [0.1, 0.15) is 10.4 Å². The van der Waals surface area contributed by atoms with Gasteiger partial charge in [-0.3, -0.25) is 0 Å². The normalized spacial score (nSPS) is 14.2. The number of benzene rings is 1. The van der Waals surface area contributed by atoms with E-state index >= 15 is 0 Å². The van der Waals surface area contributed by atoms with Gasteiger partial charge >= 0.3 is 12.4 Å². The van der Waals surface area contributed by atoms with Crippen molar-refractivity contribution >= 4 is 15.9 Å². The molecule has 1 aromatic carbocycles. The molecule has 0 aliphatic carbocycles. The predicted molar refractivity (Wildman–Crippen MR) is 66.8 cm³/mol. The maximum atomic E-state index is 12.7. The summed E-state index contributed by atoms with van der Waals surface area (Å²) in [7, 11) is 2.40. The lowest BCUT2D eigenvalue weighted by atomic mass is 9.97. The topological polar surface area (TPSA) is 18.5 Å². The molecule has 0 saturated heterocycles. The van der Waals surface area contributed by atoms with E-state index in [2.05, 4.69) is 15.9 Å². The number of alkyl halides is 7. The molecule has 1 unspecified atom stereocenters. The SMILES string of the molecule is COc1ccc(OC)c(C(Br)C(C(F)(F)F)C(F)(F)F)c1. The summed E-state index contributed by atoms with van der Waals surface area (Å²) >= 11 is 2.50. The van der Waals surface area contributed by atoms with Gasteiger partial charge < -0.3 is 9.47 Å². The molecule has 0 radical (unpaired) electrons. The van der Waals surface area contributed by atoms with Crippen LogP contribution >= 0.6 is 15.9 Å². The zero-order valence-electron chi connectivity index (χ0n) is 10.8. The molecule has 120 valence electrons. The van der Waals surface area contributed by atoms with Crippen LogP contribution in [0, 0.1) is 5.92 Å². The van der Waals surface area contributed by atoms with Gasteiger partial charge in [0.15, 0.2) is 5.92 Å². The lowest BCUT2D eigenvalue weighted by molar-refractivity contribution is -0.283. The first-order valence-electron chi connectivity index (χ1n) is 5.51. The van der Waals surface area contributed by atoms with Gasteiger partial charge in [0.1, 0.15) is 11.5 Å². The largest absolute Gasteiger partial charge is 0.497 e. The quantitative estimate of drug-likeness (QED) is 0.547. The van der Waals surface area contributed by atoms with Gasteiger partial charge in [-0.2, -0.15) is 26.3 Å². The highest BCUT2D eigenvalue weighted by Gasteiger charge is 2.60. The molecule has 1 aromatic rings. The van der Waals surface area contributed by atoms with Crippen LogP contribution in [0.25, 0.3) is 0 Å². The average Bonchev–Trinajstić information content (AvgIpc) is 2.34. The predicted octanol–water partition coefficient (Wildman–Crippen LogP) is 4.88. The molecule has 0 aliphatic rings. The van der Waals surface area contributed by atoms with E-state index in [0.717, 1.165) is 13.2 Å². The summed E-state index contributed by atoms with van der Waals surface area (Å²) in [6, 6.07) is 3.69. The maximum Gasteiger partial charge on any atom is 0.401 e. The van der Waals surface area contributed by atoms with Gasteiger partial charge in [-0.15, -0.1) is 0 Å². The van der Waals surface area contributed by atoms with Gasteiger partial charge in [0.25, 0.3) is 0 Å². The summed E-state index contributed by atoms with van der Waals surface area (Å²) in [5.41, 5.74) is -0.295. The fourth-order valence-corrected chi connectivity index (χ4v) is 2.71. The van der Waals surface area contributed by atoms with Crippen molar-refractivity contribution in [3.8, 4) is 11.5 Å². The van der Waals surface area contributed by atoms with E-state index < -0.39 is 23.1 Å². The van der Waals surface area contributed by atoms with Crippen molar-refractivity contribution < 1.29 is 35.8 Å². The summed E-state index contributed by atoms with van der Waals surface area (Å²) in [5.74, 6) is -3.54. The second-order valence-corrected chi connectivity index (χ2v) is 5.06. The molecule has 0 saturated carbocycles. The van der Waals surface area contributed by atoms with E-state index in [1.54, 1.807) is 0 Å². The Labute approximate surface area is 125 Å². The zero-order chi connectivity index (χ0) is 16.4. The van der Waals surface area contributed by atoms with Crippen LogP contribution in [0.15, 0.2) is 18.2 Å². The van der Waals surface area contributed by atoms with Gasteiger partial charge in [0.2, 0.25) is 0 Å². The third-order valence-corrected chi connectivity index (χ3v) is 3.75. The Hall–Kier alpha value is -1.12. The van der Waals surface area contributed by atoms with E-state index in [0.29, 0.717) is 0 Å². The monoisotopic (exact) mass is 380 g/mol. The van der Waals surface area contributed by atoms with E-state index in [1.165, 1.54) is 19.2 Å². The van der Waals surface area contributed by atoms with Crippen molar-refractivity contribution in [1.82, 2.24) is 0 Å². The van der Waals surface area contributed by atoms with Crippen molar-refractivity contribution in [2.75, 3.05) is 14.2 Å². The summed E-state index contributed by atoms with van der Waals surface area (Å²) in [5, 5.41) is 0. The van der Waals surface area contributed by atoms with E-state index in [4.69, 9.17) is 9.47 Å². The number of halogens is 7. The highest BCUT2D eigenvalue weighted by atomic mass is 79.9. The Kier molecular flexibility index (Phi) is 5.40. The second-order valence-electron chi connectivity index (χ2n) is 4.07. The Balaban J connectivity index is 3.35. The van der Waals surface area contributed by atoms with Crippen molar-refractivity contribution in [2.24, 2.45) is 5.92 Å². The van der Waals surface area contributed by atoms with Crippen LogP contribution in [-0.4, -0.2) is 26.6 Å². The van der Waals surface area contributed by atoms with Gasteiger partial charge in [-0.05, 0) is 18.2 Å². The van der Waals surface area contributed by atoms with Crippen LogP contribution in [0.5, 0.6) is 11.5 Å². The average molecular weight is 381 g/mol. The van der Waals surface area contributed by atoms with Crippen molar-refractivity contribution in [1.29, 1.82) is 0 Å². The van der Waals surface area contributed by atoms with Crippen LogP contribution < -0.4 is 9.47 Å². The van der Waals surface area contributed by atoms with Gasteiger partial charge in [0.05, 0.1) is 19.0 Å². The number of rotatable bonds is 4. The molecule has 0 spiro atoms. The molecule has 0 N–H and O–H groups in total. The van der Waals surface area contributed by atoms with E-state index in [9.17, 15) is 26.3 Å². The fraction of sp³-hybridized carbons (Fsp3) is 0.500. The molecule has 9 heteroatoms. The highest BCUT2D eigenvalue weighted by molar-refractivity contribution is 9.09. The molecule has 0 aliphatic heterocycles. The van der Waals surface area contributed by atoms with Crippen LogP contribution in [-0.2, 0) is 0 Å². The molecule has 1 atom stereocenters. The molecule has 0 aromatic heterocycles. The molecule has 0 fully saturated rings. The lowest BCUT2D eigenvalue weighted by Crippen LogP contribution is -2.39. The molecular formula is C12H11BrF6O2. The summed E-state index contributed by atoms with van der Waals surface area (Å²) in [4.78, 5) is -2.05. The summed E-state index contributed by atoms with van der Waals surface area (Å²) in [6.45, 7) is 0. The Bertz CT molecular complexity index is 472. The zero-order valence-corrected chi connectivity index (χ0v) is 12.4. The smallest absolute Gasteiger partial charge is 0.401 e. The minimum absolute atomic E-state index is 0.101. The minimum Gasteiger partial charge on any atom is -0.497 e. The molecule has 1 rings (SSSR count). The van der Waals surface area contributed by atoms with E-state index in [1.807, 2.05) is 0 Å². The van der Waals surface area contributed by atoms with Gasteiger partial charge in [-0.1, -0.05) is 15.9 Å². The number of ether oxygens (including phenoxy) is 2. The van der Waals surface area contributed by atoms with Crippen LogP contribution in [0.2, 0.25) is 0 Å². The fourth-order valence-electron chi connectivity index (χ4n) is 1.75. The number of hydrogen-bond acceptors (Lipinski definition) is 2. The standard InChI is InChI=1S/C12H11BrF6O2/c1-20-6-3-4-8(21-2)7(5-6)9(13)10(11(14,15)16)12(17,18)19/h3-5,9-10H,1-2H3. The third-order valence-electron chi connectivity index (χ3n) is 2.73. The molecule has 21 heavy (non-hydrogen) atoms. The van der Waals surface area contributed by atoms with Crippen LogP contribution in [0.4, 0.5) is 26.3 Å². The van der Waals surface area contributed by atoms with Gasteiger partial charge in [-0.25, -0.2) is 0 Å². The highest BCUT2D eigenvalue weighted by Crippen LogP contribution is 2.52. The second kappa shape index (κ2) is 6.33. The first-order chi connectivity index (χ1) is 9.52. The molecule has 2 nitrogen and oxygen atoms in total. The summed E-state index contributed by atoms with van der Waals surface area (Å²) in [6.07, 6.45) is -10.9. The maximum absolute atomic E-state index is 12.7. The Morgan fingerprint density at radius 1 is 0.952 bits per heavy atom. The molecular weight excluding hydrogens is 370 g/mol. The Morgan fingerprint density at radius 3 is 1.86 bits per heavy atom. The van der Waals surface area contributed by atoms with E-state index in [-0.39, 0.29) is 17.1 Å². The first-order valence-corrected chi connectivity index (χ1v) is 6.43. The first kappa shape index (κ1) is 17.9. The third kappa shape index (κ3) is 4.18. The number of methoxy groups -OCH3 is 2. The molecule has 0 amide bonds.